The van der Waals surface area contributed by atoms with E-state index >= 15 is 0 Å². The summed E-state index contributed by atoms with van der Waals surface area (Å²) >= 11 is 8.05. The zero-order chi connectivity index (χ0) is 17.1. The maximum Gasteiger partial charge on any atom is 0.268 e. The number of anilines is 1. The largest absolute Gasteiger partial charge is 0.497 e. The third-order valence-corrected chi connectivity index (χ3v) is 5.31. The van der Waals surface area contributed by atoms with Crippen LogP contribution in [0.5, 0.6) is 5.75 Å². The van der Waals surface area contributed by atoms with Crippen molar-refractivity contribution in [2.45, 2.75) is 0 Å². The van der Waals surface area contributed by atoms with E-state index in [2.05, 4.69) is 42.2 Å². The molecular weight excluding hydrogens is 456 g/mol. The van der Waals surface area contributed by atoms with Crippen molar-refractivity contribution in [2.75, 3.05) is 12.4 Å². The van der Waals surface area contributed by atoms with Crippen LogP contribution in [0.25, 0.3) is 11.3 Å². The van der Waals surface area contributed by atoms with Gasteiger partial charge in [0, 0.05) is 15.7 Å². The molecule has 0 aliphatic carbocycles. The molecule has 0 fully saturated rings. The molecule has 122 valence electrons. The topological polar surface area (TPSA) is 51.2 Å². The smallest absolute Gasteiger partial charge is 0.268 e. The number of amides is 1. The first-order valence-corrected chi connectivity index (χ1v) is 9.35. The standard InChI is InChI=1S/C17H12Br2N2O2S/c1-23-13-8-2-10(3-9-13)14-15(24-17(19)21-14)16(22)20-12-6-4-11(18)5-7-12/h2-9H,1H3,(H,20,22). The van der Waals surface area contributed by atoms with Crippen LogP contribution >= 0.6 is 43.2 Å². The van der Waals surface area contributed by atoms with E-state index in [1.165, 1.54) is 11.3 Å². The lowest BCUT2D eigenvalue weighted by atomic mass is 10.1. The Morgan fingerprint density at radius 2 is 1.75 bits per heavy atom. The van der Waals surface area contributed by atoms with Crippen LogP contribution in [0.4, 0.5) is 5.69 Å². The molecule has 1 heterocycles. The fourth-order valence-corrected chi connectivity index (χ4v) is 3.75. The number of nitrogens with zero attached hydrogens (tertiary/aromatic N) is 1. The number of thiazole rings is 1. The number of nitrogens with one attached hydrogen (secondary N) is 1. The Morgan fingerprint density at radius 3 is 2.38 bits per heavy atom. The highest BCUT2D eigenvalue weighted by molar-refractivity contribution is 9.11. The number of carbonyl (C=O) groups excluding carboxylic acids is 1. The number of halogens is 2. The maximum atomic E-state index is 12.6. The molecule has 1 N–H and O–H groups in total. The molecule has 0 saturated carbocycles. The predicted molar refractivity (Wildman–Crippen MR) is 104 cm³/mol. The van der Waals surface area contributed by atoms with Crippen molar-refractivity contribution in [1.29, 1.82) is 0 Å². The molecule has 7 heteroatoms. The molecular formula is C17H12Br2N2O2S. The van der Waals surface area contributed by atoms with Crippen LogP contribution in [0.15, 0.2) is 56.9 Å². The number of benzene rings is 2. The molecule has 3 rings (SSSR count). The van der Waals surface area contributed by atoms with Crippen molar-refractivity contribution in [3.8, 4) is 17.0 Å². The van der Waals surface area contributed by atoms with Crippen LogP contribution in [0.2, 0.25) is 0 Å². The summed E-state index contributed by atoms with van der Waals surface area (Å²) in [5.41, 5.74) is 2.23. The molecule has 24 heavy (non-hydrogen) atoms. The minimum Gasteiger partial charge on any atom is -0.497 e. The summed E-state index contributed by atoms with van der Waals surface area (Å²) in [5.74, 6) is 0.570. The lowest BCUT2D eigenvalue weighted by Gasteiger charge is -2.06. The highest BCUT2D eigenvalue weighted by Crippen LogP contribution is 2.32. The second-order valence-electron chi connectivity index (χ2n) is 4.83. The van der Waals surface area contributed by atoms with Gasteiger partial charge in [-0.05, 0) is 64.5 Å². The van der Waals surface area contributed by atoms with Gasteiger partial charge in [-0.2, -0.15) is 0 Å². The summed E-state index contributed by atoms with van der Waals surface area (Å²) in [6.45, 7) is 0. The Bertz CT molecular complexity index is 861. The van der Waals surface area contributed by atoms with E-state index in [9.17, 15) is 4.79 Å². The Hall–Kier alpha value is -1.70. The number of aromatic nitrogens is 1. The van der Waals surface area contributed by atoms with Crippen molar-refractivity contribution in [3.63, 3.8) is 0 Å². The molecule has 0 unspecified atom stereocenters. The normalized spacial score (nSPS) is 10.5. The van der Waals surface area contributed by atoms with Crippen LogP contribution in [-0.4, -0.2) is 18.0 Å². The molecule has 0 aliphatic rings. The van der Waals surface area contributed by atoms with Gasteiger partial charge in [0.15, 0.2) is 3.92 Å². The number of rotatable bonds is 4. The molecule has 0 bridgehead atoms. The van der Waals surface area contributed by atoms with E-state index in [0.29, 0.717) is 14.5 Å². The van der Waals surface area contributed by atoms with Crippen molar-refractivity contribution in [3.05, 3.63) is 61.8 Å². The monoisotopic (exact) mass is 466 g/mol. The number of hydrogen-bond acceptors (Lipinski definition) is 4. The predicted octanol–water partition coefficient (Wildman–Crippen LogP) is 5.60. The first-order chi connectivity index (χ1) is 11.6. The Morgan fingerprint density at radius 1 is 1.08 bits per heavy atom. The Labute approximate surface area is 160 Å². The van der Waals surface area contributed by atoms with Gasteiger partial charge in [-0.15, -0.1) is 11.3 Å². The van der Waals surface area contributed by atoms with E-state index in [0.717, 1.165) is 21.5 Å². The molecule has 0 spiro atoms. The Kier molecular flexibility index (Phi) is 5.33. The summed E-state index contributed by atoms with van der Waals surface area (Å²) in [5, 5.41) is 2.90. The van der Waals surface area contributed by atoms with E-state index in [4.69, 9.17) is 4.74 Å². The summed E-state index contributed by atoms with van der Waals surface area (Å²) in [6.07, 6.45) is 0. The molecule has 2 aromatic carbocycles. The van der Waals surface area contributed by atoms with E-state index in [1.54, 1.807) is 7.11 Å². The summed E-state index contributed by atoms with van der Waals surface area (Å²) in [4.78, 5) is 17.6. The first kappa shape index (κ1) is 17.1. The van der Waals surface area contributed by atoms with Crippen molar-refractivity contribution >= 4 is 54.8 Å². The maximum absolute atomic E-state index is 12.6. The number of carbonyl (C=O) groups is 1. The van der Waals surface area contributed by atoms with Gasteiger partial charge in [-0.25, -0.2) is 4.98 Å². The van der Waals surface area contributed by atoms with Crippen molar-refractivity contribution in [2.24, 2.45) is 0 Å². The summed E-state index contributed by atoms with van der Waals surface area (Å²) < 4.78 is 6.79. The zero-order valence-corrected chi connectivity index (χ0v) is 16.5. The fourth-order valence-electron chi connectivity index (χ4n) is 2.11. The molecule has 0 radical (unpaired) electrons. The summed E-state index contributed by atoms with van der Waals surface area (Å²) in [7, 11) is 1.62. The van der Waals surface area contributed by atoms with Gasteiger partial charge in [0.25, 0.3) is 5.91 Å². The zero-order valence-electron chi connectivity index (χ0n) is 12.5. The molecule has 1 amide bonds. The lowest BCUT2D eigenvalue weighted by molar-refractivity contribution is 0.103. The van der Waals surface area contributed by atoms with E-state index < -0.39 is 0 Å². The highest BCUT2D eigenvalue weighted by Gasteiger charge is 2.19. The molecule has 1 aromatic heterocycles. The van der Waals surface area contributed by atoms with Gasteiger partial charge in [-0.1, -0.05) is 15.9 Å². The second kappa shape index (κ2) is 7.46. The number of hydrogen-bond donors (Lipinski definition) is 1. The second-order valence-corrected chi connectivity index (χ2v) is 8.02. The van der Waals surface area contributed by atoms with E-state index in [-0.39, 0.29) is 5.91 Å². The third kappa shape index (κ3) is 3.85. The third-order valence-electron chi connectivity index (χ3n) is 3.27. The van der Waals surface area contributed by atoms with Crippen molar-refractivity contribution < 1.29 is 9.53 Å². The van der Waals surface area contributed by atoms with Gasteiger partial charge < -0.3 is 10.1 Å². The SMILES string of the molecule is COc1ccc(-c2nc(Br)sc2C(=O)Nc2ccc(Br)cc2)cc1. The van der Waals surface area contributed by atoms with Crippen LogP contribution in [0.3, 0.4) is 0 Å². The minimum atomic E-state index is -0.189. The average molecular weight is 468 g/mol. The Balaban J connectivity index is 1.90. The quantitative estimate of drug-likeness (QED) is 0.543. The van der Waals surface area contributed by atoms with Gasteiger partial charge in [-0.3, -0.25) is 4.79 Å². The van der Waals surface area contributed by atoms with Gasteiger partial charge >= 0.3 is 0 Å². The van der Waals surface area contributed by atoms with Crippen LogP contribution in [-0.2, 0) is 0 Å². The van der Waals surface area contributed by atoms with Crippen LogP contribution in [0.1, 0.15) is 9.67 Å². The van der Waals surface area contributed by atoms with Gasteiger partial charge in [0.2, 0.25) is 0 Å². The summed E-state index contributed by atoms with van der Waals surface area (Å²) in [6, 6.07) is 14.9. The van der Waals surface area contributed by atoms with Crippen molar-refractivity contribution in [1.82, 2.24) is 4.98 Å². The fraction of sp³-hybridized carbons (Fsp3) is 0.0588. The van der Waals surface area contributed by atoms with Gasteiger partial charge in [0.05, 0.1) is 12.8 Å². The van der Waals surface area contributed by atoms with Gasteiger partial charge in [0.1, 0.15) is 10.6 Å². The molecule has 4 nitrogen and oxygen atoms in total. The molecule has 0 aliphatic heterocycles. The molecule has 0 atom stereocenters. The number of ether oxygens (including phenoxy) is 1. The lowest BCUT2D eigenvalue weighted by Crippen LogP contribution is -2.11. The molecule has 0 saturated heterocycles. The average Bonchev–Trinajstić information content (AvgIpc) is 2.99. The highest BCUT2D eigenvalue weighted by atomic mass is 79.9. The minimum absolute atomic E-state index is 0.189. The van der Waals surface area contributed by atoms with Crippen LogP contribution < -0.4 is 10.1 Å². The molecule has 3 aromatic rings. The number of methoxy groups -OCH3 is 1. The van der Waals surface area contributed by atoms with E-state index in [1.807, 2.05) is 48.5 Å². The van der Waals surface area contributed by atoms with Crippen LogP contribution in [0, 0.1) is 0 Å². The first-order valence-electron chi connectivity index (χ1n) is 6.94.